The minimum absolute atomic E-state index is 0.109. The van der Waals surface area contributed by atoms with Crippen molar-refractivity contribution in [1.82, 2.24) is 4.90 Å². The van der Waals surface area contributed by atoms with Crippen molar-refractivity contribution in [2.24, 2.45) is 4.99 Å². The molecule has 9 heteroatoms. The molecule has 0 aromatic heterocycles. The number of anilines is 1. The van der Waals surface area contributed by atoms with Crippen molar-refractivity contribution >= 4 is 40.3 Å². The minimum atomic E-state index is -0.351. The Morgan fingerprint density at radius 3 is 2.53 bits per heavy atom. The van der Waals surface area contributed by atoms with Crippen LogP contribution >= 0.6 is 11.8 Å². The second-order valence-corrected chi connectivity index (χ2v) is 8.43. The van der Waals surface area contributed by atoms with Crippen molar-refractivity contribution < 1.29 is 14.5 Å². The average Bonchev–Trinajstić information content (AvgIpc) is 3.18. The fourth-order valence-corrected chi connectivity index (χ4v) is 4.60. The quantitative estimate of drug-likeness (QED) is 0.369. The lowest BCUT2D eigenvalue weighted by Crippen LogP contribution is -2.48. The van der Waals surface area contributed by atoms with Crippen LogP contribution in [0.4, 0.5) is 11.4 Å². The number of amides is 1. The van der Waals surface area contributed by atoms with Gasteiger partial charge in [-0.15, -0.1) is 0 Å². The summed E-state index contributed by atoms with van der Waals surface area (Å²) in [6, 6.07) is 14.4. The Kier molecular flexibility index (Phi) is 6.75. The first-order valence-corrected chi connectivity index (χ1v) is 11.4. The molecule has 0 radical (unpaired) electrons. The van der Waals surface area contributed by atoms with E-state index in [0.717, 1.165) is 17.7 Å². The molecule has 2 heterocycles. The van der Waals surface area contributed by atoms with Crippen molar-refractivity contribution in [2.75, 3.05) is 37.7 Å². The highest BCUT2D eigenvalue weighted by molar-refractivity contribution is 8.18. The van der Waals surface area contributed by atoms with Crippen LogP contribution < -0.4 is 9.64 Å². The molecule has 2 aliphatic heterocycles. The first-order valence-electron chi connectivity index (χ1n) is 10.5. The Balaban J connectivity index is 1.42. The molecular formula is C23H24N4O4S. The molecule has 0 saturated carbocycles. The molecule has 8 nitrogen and oxygen atoms in total. The van der Waals surface area contributed by atoms with E-state index in [1.807, 2.05) is 48.2 Å². The molecule has 32 heavy (non-hydrogen) atoms. The Labute approximate surface area is 190 Å². The molecule has 0 aliphatic carbocycles. The molecule has 0 N–H and O–H groups in total. The van der Waals surface area contributed by atoms with Crippen LogP contribution in [0.2, 0.25) is 0 Å². The molecule has 1 saturated heterocycles. The Hall–Kier alpha value is -3.33. The standard InChI is InChI=1S/C23H24N4O4S/c1-2-15-31-20-10-6-3-7-17(20)16-21-22(28)24-23(32-21)26-13-11-25(12-14-26)18-8-4-5-9-19(18)27(29)30/h3-10,16H,2,11-15H2,1H3/b21-16+. The van der Waals surface area contributed by atoms with Crippen LogP contribution in [0.5, 0.6) is 5.75 Å². The number of rotatable bonds is 6. The van der Waals surface area contributed by atoms with Gasteiger partial charge in [0.05, 0.1) is 16.4 Å². The van der Waals surface area contributed by atoms with Crippen LogP contribution in [0.3, 0.4) is 0 Å². The van der Waals surface area contributed by atoms with Crippen molar-refractivity contribution in [3.63, 3.8) is 0 Å². The van der Waals surface area contributed by atoms with Gasteiger partial charge in [-0.25, -0.2) is 0 Å². The summed E-state index contributed by atoms with van der Waals surface area (Å²) in [5.41, 5.74) is 1.59. The number of piperazine rings is 1. The highest BCUT2D eigenvalue weighted by Gasteiger charge is 2.30. The fourth-order valence-electron chi connectivity index (χ4n) is 3.64. The third-order valence-electron chi connectivity index (χ3n) is 5.25. The lowest BCUT2D eigenvalue weighted by molar-refractivity contribution is -0.384. The monoisotopic (exact) mass is 452 g/mol. The van der Waals surface area contributed by atoms with Crippen LogP contribution in [0.15, 0.2) is 58.4 Å². The van der Waals surface area contributed by atoms with E-state index in [-0.39, 0.29) is 16.5 Å². The summed E-state index contributed by atoms with van der Waals surface area (Å²) in [4.78, 5) is 32.4. The van der Waals surface area contributed by atoms with Gasteiger partial charge in [-0.05, 0) is 36.4 Å². The summed E-state index contributed by atoms with van der Waals surface area (Å²) < 4.78 is 5.79. The lowest BCUT2D eigenvalue weighted by Gasteiger charge is -2.36. The van der Waals surface area contributed by atoms with Gasteiger partial charge < -0.3 is 14.5 Å². The van der Waals surface area contributed by atoms with Crippen LogP contribution in [0.1, 0.15) is 18.9 Å². The van der Waals surface area contributed by atoms with Gasteiger partial charge in [0.1, 0.15) is 11.4 Å². The molecule has 2 aliphatic rings. The maximum atomic E-state index is 12.5. The Morgan fingerprint density at radius 1 is 1.09 bits per heavy atom. The molecule has 1 fully saturated rings. The van der Waals surface area contributed by atoms with E-state index in [1.165, 1.54) is 17.8 Å². The number of nitro groups is 1. The highest BCUT2D eigenvalue weighted by atomic mass is 32.2. The molecule has 0 unspecified atom stereocenters. The van der Waals surface area contributed by atoms with Gasteiger partial charge in [0.25, 0.3) is 11.6 Å². The lowest BCUT2D eigenvalue weighted by atomic mass is 10.2. The van der Waals surface area contributed by atoms with Gasteiger partial charge >= 0.3 is 0 Å². The van der Waals surface area contributed by atoms with Crippen LogP contribution in [0, 0.1) is 10.1 Å². The summed E-state index contributed by atoms with van der Waals surface area (Å²) in [5.74, 6) is 0.498. The number of nitro benzene ring substituents is 1. The third-order valence-corrected chi connectivity index (χ3v) is 6.29. The normalized spacial score (nSPS) is 17.6. The van der Waals surface area contributed by atoms with Crippen LogP contribution in [-0.4, -0.2) is 53.7 Å². The molecule has 0 atom stereocenters. The molecule has 2 aromatic rings. The first-order chi connectivity index (χ1) is 15.6. The number of benzene rings is 2. The first kappa shape index (κ1) is 21.9. The predicted molar refractivity (Wildman–Crippen MR) is 127 cm³/mol. The zero-order valence-electron chi connectivity index (χ0n) is 17.8. The maximum Gasteiger partial charge on any atom is 0.292 e. The number of amidine groups is 1. The minimum Gasteiger partial charge on any atom is -0.493 e. The van der Waals surface area contributed by atoms with Gasteiger partial charge in [0.2, 0.25) is 0 Å². The van der Waals surface area contributed by atoms with E-state index in [2.05, 4.69) is 9.89 Å². The molecule has 166 valence electrons. The van der Waals surface area contributed by atoms with Crippen LogP contribution in [-0.2, 0) is 4.79 Å². The second-order valence-electron chi connectivity index (χ2n) is 7.42. The number of aliphatic imine (C=N–C) groups is 1. The predicted octanol–water partition coefficient (Wildman–Crippen LogP) is 4.18. The van der Waals surface area contributed by atoms with Gasteiger partial charge in [0.15, 0.2) is 5.17 Å². The smallest absolute Gasteiger partial charge is 0.292 e. The summed E-state index contributed by atoms with van der Waals surface area (Å²) in [6.45, 7) is 5.17. The topological polar surface area (TPSA) is 88.3 Å². The number of carbonyl (C=O) groups is 1. The maximum absolute atomic E-state index is 12.5. The zero-order chi connectivity index (χ0) is 22.5. The average molecular weight is 453 g/mol. The number of hydrogen-bond donors (Lipinski definition) is 0. The SMILES string of the molecule is CCCOc1ccccc1/C=C1/SC(N2CCN(c3ccccc3[N+](=O)[O-])CC2)=NC1=O. The van der Waals surface area contributed by atoms with Crippen molar-refractivity contribution in [2.45, 2.75) is 13.3 Å². The van der Waals surface area contributed by atoms with E-state index < -0.39 is 0 Å². The summed E-state index contributed by atoms with van der Waals surface area (Å²) in [7, 11) is 0. The van der Waals surface area contributed by atoms with E-state index >= 15 is 0 Å². The second kappa shape index (κ2) is 9.86. The van der Waals surface area contributed by atoms with Gasteiger partial charge in [-0.2, -0.15) is 4.99 Å². The van der Waals surface area contributed by atoms with E-state index in [0.29, 0.717) is 48.5 Å². The Morgan fingerprint density at radius 2 is 1.78 bits per heavy atom. The molecule has 0 bridgehead atoms. The number of para-hydroxylation sites is 3. The van der Waals surface area contributed by atoms with Crippen molar-refractivity contribution in [1.29, 1.82) is 0 Å². The Bertz CT molecular complexity index is 1080. The largest absolute Gasteiger partial charge is 0.493 e. The summed E-state index contributed by atoms with van der Waals surface area (Å²) >= 11 is 1.36. The van der Waals surface area contributed by atoms with E-state index in [4.69, 9.17) is 4.74 Å². The van der Waals surface area contributed by atoms with Gasteiger partial charge in [0, 0.05) is 37.8 Å². The number of thioether (sulfide) groups is 1. The zero-order valence-corrected chi connectivity index (χ0v) is 18.6. The third kappa shape index (κ3) is 4.77. The van der Waals surface area contributed by atoms with Crippen molar-refractivity contribution in [3.8, 4) is 5.75 Å². The highest BCUT2D eigenvalue weighted by Crippen LogP contribution is 2.34. The molecule has 0 spiro atoms. The summed E-state index contributed by atoms with van der Waals surface area (Å²) in [5, 5.41) is 12.0. The van der Waals surface area contributed by atoms with Gasteiger partial charge in [-0.1, -0.05) is 37.3 Å². The van der Waals surface area contributed by atoms with Gasteiger partial charge in [-0.3, -0.25) is 14.9 Å². The van der Waals surface area contributed by atoms with Crippen LogP contribution in [0.25, 0.3) is 6.08 Å². The number of ether oxygens (including phenoxy) is 1. The molecule has 2 aromatic carbocycles. The number of carbonyl (C=O) groups excluding carboxylic acids is 1. The molecule has 1 amide bonds. The molecular weight excluding hydrogens is 428 g/mol. The van der Waals surface area contributed by atoms with E-state index in [1.54, 1.807) is 12.1 Å². The summed E-state index contributed by atoms with van der Waals surface area (Å²) in [6.07, 6.45) is 2.74. The number of hydrogen-bond acceptors (Lipinski definition) is 7. The fraction of sp³-hybridized carbons (Fsp3) is 0.304. The molecule has 4 rings (SSSR count). The van der Waals surface area contributed by atoms with E-state index in [9.17, 15) is 14.9 Å². The van der Waals surface area contributed by atoms with Crippen molar-refractivity contribution in [3.05, 3.63) is 69.1 Å². The number of nitrogens with zero attached hydrogens (tertiary/aromatic N) is 4.